The van der Waals surface area contributed by atoms with E-state index in [4.69, 9.17) is 16.2 Å². The highest BCUT2D eigenvalue weighted by molar-refractivity contribution is 5.87. The molecule has 0 aromatic heterocycles. The van der Waals surface area contributed by atoms with E-state index in [-0.39, 0.29) is 12.3 Å². The molecule has 47 heavy (non-hydrogen) atoms. The fourth-order valence-corrected chi connectivity index (χ4v) is 6.35. The molecule has 0 unspecified atom stereocenters. The van der Waals surface area contributed by atoms with Gasteiger partial charge in [-0.2, -0.15) is 0 Å². The third-order valence-corrected chi connectivity index (χ3v) is 9.34. The Morgan fingerprint density at radius 2 is 1.17 bits per heavy atom. The molecule has 1 heterocycles. The predicted molar refractivity (Wildman–Crippen MR) is 186 cm³/mol. The van der Waals surface area contributed by atoms with Crippen LogP contribution in [0, 0.1) is 0 Å². The minimum atomic E-state index is -1.54. The molecule has 0 bridgehead atoms. The van der Waals surface area contributed by atoms with Crippen LogP contribution in [-0.4, -0.2) is 87.7 Å². The molecule has 0 radical (unpaired) electrons. The number of nitrogens with zero attached hydrogens (tertiary/aromatic N) is 1. The molecule has 0 spiro atoms. The first kappa shape index (κ1) is 43.2. The molecule has 276 valence electrons. The Labute approximate surface area is 284 Å². The monoisotopic (exact) mass is 671 g/mol. The summed E-state index contributed by atoms with van der Waals surface area (Å²) >= 11 is 0. The number of carbonyl (C=O) groups is 3. The van der Waals surface area contributed by atoms with Crippen molar-refractivity contribution in [3.05, 3.63) is 0 Å². The Morgan fingerprint density at radius 3 is 1.62 bits per heavy atom. The maximum absolute atomic E-state index is 13.7. The molecule has 6 atom stereocenters. The van der Waals surface area contributed by atoms with E-state index in [1.807, 2.05) is 0 Å². The van der Waals surface area contributed by atoms with Gasteiger partial charge in [-0.15, -0.1) is 0 Å². The van der Waals surface area contributed by atoms with Crippen LogP contribution in [0.2, 0.25) is 0 Å². The molecule has 1 aliphatic heterocycles. The Morgan fingerprint density at radius 1 is 0.723 bits per heavy atom. The van der Waals surface area contributed by atoms with Crippen LogP contribution >= 0.6 is 0 Å². The van der Waals surface area contributed by atoms with Crippen molar-refractivity contribution < 1.29 is 34.4 Å². The van der Waals surface area contributed by atoms with Crippen molar-refractivity contribution in [2.45, 2.75) is 198 Å². The highest BCUT2D eigenvalue weighted by Gasteiger charge is 2.48. The Hall–Kier alpha value is -1.79. The number of rotatable bonds is 29. The Balaban J connectivity index is 2.84. The summed E-state index contributed by atoms with van der Waals surface area (Å²) in [4.78, 5) is 39.5. The van der Waals surface area contributed by atoms with E-state index in [0.717, 1.165) is 38.5 Å². The van der Waals surface area contributed by atoms with Crippen LogP contribution in [0.25, 0.3) is 0 Å². The summed E-state index contributed by atoms with van der Waals surface area (Å²) < 4.78 is 6.02. The second-order valence-corrected chi connectivity index (χ2v) is 13.6. The van der Waals surface area contributed by atoms with E-state index in [0.29, 0.717) is 19.4 Å². The standard InChI is InChI=1S/C36H70N4O7/c1-3-5-7-9-11-13-14-15-17-19-21-23-25-40(31(43)24-22-20-18-16-12-10-8-6-4-2)36-32(34(45)33(44)29(27-41)47-36)39-35(46)28(37)26-30(38)42/h28-29,32-34,36,41,44-45H,3-27,37H2,1-2H3,(H2,38,42)(H,39,46)/t28-,29+,32+,33+,34+,36+/m0/s1. The normalized spacial score (nSPS) is 21.8. The largest absolute Gasteiger partial charge is 0.394 e. The van der Waals surface area contributed by atoms with Crippen molar-refractivity contribution in [1.82, 2.24) is 10.2 Å². The lowest BCUT2D eigenvalue weighted by Gasteiger charge is -2.47. The number of unbranched alkanes of at least 4 members (excludes halogenated alkanes) is 19. The van der Waals surface area contributed by atoms with Crippen molar-refractivity contribution in [3.63, 3.8) is 0 Å². The van der Waals surface area contributed by atoms with Crippen LogP contribution in [-0.2, 0) is 19.1 Å². The summed E-state index contributed by atoms with van der Waals surface area (Å²) in [6, 6.07) is -2.49. The number of hydrogen-bond acceptors (Lipinski definition) is 8. The first-order valence-corrected chi connectivity index (χ1v) is 18.9. The number of primary amides is 1. The SMILES string of the molecule is CCCCCCCCCCCCCCN(C(=O)CCCCCCCCCCC)[C@@H]1O[C@H](CO)[C@@H](O)[C@H](O)[C@H]1NC(=O)[C@@H](N)CC(N)=O. The molecule has 1 fully saturated rings. The molecular weight excluding hydrogens is 600 g/mol. The van der Waals surface area contributed by atoms with Crippen LogP contribution < -0.4 is 16.8 Å². The Bertz CT molecular complexity index is 833. The maximum Gasteiger partial charge on any atom is 0.237 e. The van der Waals surface area contributed by atoms with Crippen molar-refractivity contribution in [3.8, 4) is 0 Å². The van der Waals surface area contributed by atoms with Crippen LogP contribution in [0.1, 0.15) is 162 Å². The molecule has 0 aliphatic carbocycles. The van der Waals surface area contributed by atoms with Gasteiger partial charge >= 0.3 is 0 Å². The lowest BCUT2D eigenvalue weighted by Crippen LogP contribution is -2.69. The number of ether oxygens (including phenoxy) is 1. The first-order valence-electron chi connectivity index (χ1n) is 18.9. The summed E-state index contributed by atoms with van der Waals surface area (Å²) in [7, 11) is 0. The minimum absolute atomic E-state index is 0.165. The van der Waals surface area contributed by atoms with Crippen molar-refractivity contribution in [1.29, 1.82) is 0 Å². The van der Waals surface area contributed by atoms with Gasteiger partial charge in [0.15, 0.2) is 6.23 Å². The van der Waals surface area contributed by atoms with Gasteiger partial charge in [0.1, 0.15) is 24.4 Å². The second-order valence-electron chi connectivity index (χ2n) is 13.6. The molecule has 8 N–H and O–H groups in total. The van der Waals surface area contributed by atoms with Gasteiger partial charge in [-0.25, -0.2) is 0 Å². The van der Waals surface area contributed by atoms with Gasteiger partial charge in [-0.3, -0.25) is 14.4 Å². The zero-order valence-corrected chi connectivity index (χ0v) is 29.7. The number of carbonyl (C=O) groups excluding carboxylic acids is 3. The van der Waals surface area contributed by atoms with Gasteiger partial charge in [-0.1, -0.05) is 136 Å². The third kappa shape index (κ3) is 18.5. The fourth-order valence-electron chi connectivity index (χ4n) is 6.35. The molecule has 1 rings (SSSR count). The van der Waals surface area contributed by atoms with Gasteiger partial charge in [0, 0.05) is 13.0 Å². The van der Waals surface area contributed by atoms with Crippen LogP contribution in [0.5, 0.6) is 0 Å². The summed E-state index contributed by atoms with van der Waals surface area (Å²) in [5, 5.41) is 34.2. The van der Waals surface area contributed by atoms with Crippen LogP contribution in [0.15, 0.2) is 0 Å². The summed E-state index contributed by atoms with van der Waals surface area (Å²) in [5.74, 6) is -1.68. The fraction of sp³-hybridized carbons (Fsp3) is 0.917. The van der Waals surface area contributed by atoms with Crippen LogP contribution in [0.3, 0.4) is 0 Å². The number of nitrogens with one attached hydrogen (secondary N) is 1. The number of amides is 3. The predicted octanol–water partition coefficient (Wildman–Crippen LogP) is 4.56. The van der Waals surface area contributed by atoms with Crippen molar-refractivity contribution >= 4 is 17.7 Å². The van der Waals surface area contributed by atoms with E-state index < -0.39 is 61.5 Å². The molecule has 11 heteroatoms. The molecule has 1 saturated heterocycles. The van der Waals surface area contributed by atoms with E-state index in [9.17, 15) is 29.7 Å². The van der Waals surface area contributed by atoms with Gasteiger partial charge in [0.05, 0.1) is 19.1 Å². The van der Waals surface area contributed by atoms with Gasteiger partial charge in [0.25, 0.3) is 0 Å². The van der Waals surface area contributed by atoms with Gasteiger partial charge in [0.2, 0.25) is 17.7 Å². The molecule has 11 nitrogen and oxygen atoms in total. The molecule has 1 aliphatic rings. The summed E-state index contributed by atoms with van der Waals surface area (Å²) in [6.45, 7) is 4.21. The van der Waals surface area contributed by atoms with Crippen LogP contribution in [0.4, 0.5) is 0 Å². The molecule has 3 amide bonds. The lowest BCUT2D eigenvalue weighted by atomic mass is 9.94. The molecule has 0 aromatic carbocycles. The number of aliphatic hydroxyl groups is 3. The molecule has 0 aromatic rings. The van der Waals surface area contributed by atoms with E-state index in [1.165, 1.54) is 83.5 Å². The van der Waals surface area contributed by atoms with Crippen molar-refractivity contribution in [2.75, 3.05) is 13.2 Å². The van der Waals surface area contributed by atoms with Gasteiger partial charge < -0.3 is 41.7 Å². The Kier molecular flexibility index (Phi) is 24.9. The van der Waals surface area contributed by atoms with Gasteiger partial charge in [-0.05, 0) is 12.8 Å². The average Bonchev–Trinajstić information content (AvgIpc) is 3.04. The lowest BCUT2D eigenvalue weighted by molar-refractivity contribution is -0.231. The number of nitrogens with two attached hydrogens (primary N) is 2. The number of aliphatic hydroxyl groups excluding tert-OH is 3. The highest BCUT2D eigenvalue weighted by atomic mass is 16.5. The number of hydrogen-bond donors (Lipinski definition) is 6. The topological polar surface area (TPSA) is 188 Å². The maximum atomic E-state index is 13.7. The van der Waals surface area contributed by atoms with E-state index in [1.54, 1.807) is 4.90 Å². The second kappa shape index (κ2) is 27.1. The quantitative estimate of drug-likeness (QED) is 0.0625. The highest BCUT2D eigenvalue weighted by Crippen LogP contribution is 2.26. The van der Waals surface area contributed by atoms with Crippen molar-refractivity contribution in [2.24, 2.45) is 11.5 Å². The summed E-state index contributed by atoms with van der Waals surface area (Å²) in [5.41, 5.74) is 11.1. The third-order valence-electron chi connectivity index (χ3n) is 9.34. The molecule has 0 saturated carbocycles. The van der Waals surface area contributed by atoms with E-state index in [2.05, 4.69) is 19.2 Å². The zero-order valence-electron chi connectivity index (χ0n) is 29.7. The van der Waals surface area contributed by atoms with E-state index >= 15 is 0 Å². The first-order chi connectivity index (χ1) is 22.7. The smallest absolute Gasteiger partial charge is 0.237 e. The minimum Gasteiger partial charge on any atom is -0.394 e. The average molecular weight is 671 g/mol. The summed E-state index contributed by atoms with van der Waals surface area (Å²) in [6.07, 6.45) is 18.7. The molecular formula is C36H70N4O7. The zero-order chi connectivity index (χ0) is 34.9.